The summed E-state index contributed by atoms with van der Waals surface area (Å²) in [5, 5.41) is 12.2. The number of nitrogens with one attached hydrogen (secondary N) is 1. The second-order valence-corrected chi connectivity index (χ2v) is 6.23. The molecule has 1 amide bonds. The largest absolute Gasteiger partial charge is 0.480 e. The maximum atomic E-state index is 11.8. The Morgan fingerprint density at radius 3 is 2.55 bits per heavy atom. The molecule has 0 saturated heterocycles. The number of carbonyl (C=O) groups is 2. The molecule has 0 radical (unpaired) electrons. The van der Waals surface area contributed by atoms with Gasteiger partial charge in [0, 0.05) is 4.90 Å². The SMILES string of the molecule is CC(C)C[C@H](NC(=O)CSc1ccccc1Cl)C(=O)O. The smallest absolute Gasteiger partial charge is 0.326 e. The van der Waals surface area contributed by atoms with Crippen molar-refractivity contribution in [3.05, 3.63) is 29.3 Å². The summed E-state index contributed by atoms with van der Waals surface area (Å²) < 4.78 is 0. The molecule has 20 heavy (non-hydrogen) atoms. The Labute approximate surface area is 127 Å². The first kappa shape index (κ1) is 16.9. The van der Waals surface area contributed by atoms with Crippen molar-refractivity contribution in [1.82, 2.24) is 5.32 Å². The van der Waals surface area contributed by atoms with Gasteiger partial charge in [0.05, 0.1) is 10.8 Å². The van der Waals surface area contributed by atoms with Gasteiger partial charge in [-0.15, -0.1) is 11.8 Å². The number of benzene rings is 1. The molecule has 1 rings (SSSR count). The van der Waals surface area contributed by atoms with Crippen LogP contribution in [0.1, 0.15) is 20.3 Å². The Balaban J connectivity index is 2.50. The third-order valence-electron chi connectivity index (χ3n) is 2.54. The first-order valence-corrected chi connectivity index (χ1v) is 7.66. The number of rotatable bonds is 7. The van der Waals surface area contributed by atoms with E-state index >= 15 is 0 Å². The van der Waals surface area contributed by atoms with E-state index in [-0.39, 0.29) is 17.6 Å². The molecule has 0 aliphatic heterocycles. The Bertz CT molecular complexity index is 479. The van der Waals surface area contributed by atoms with Gasteiger partial charge in [-0.05, 0) is 24.5 Å². The molecule has 110 valence electrons. The number of thioether (sulfide) groups is 1. The minimum Gasteiger partial charge on any atom is -0.480 e. The molecule has 0 heterocycles. The van der Waals surface area contributed by atoms with Gasteiger partial charge >= 0.3 is 5.97 Å². The van der Waals surface area contributed by atoms with E-state index in [1.165, 1.54) is 11.8 Å². The van der Waals surface area contributed by atoms with E-state index in [1.54, 1.807) is 6.07 Å². The van der Waals surface area contributed by atoms with E-state index in [9.17, 15) is 9.59 Å². The molecule has 1 aromatic rings. The molecule has 2 N–H and O–H groups in total. The lowest BCUT2D eigenvalue weighted by Crippen LogP contribution is -2.42. The fourth-order valence-corrected chi connectivity index (χ4v) is 2.68. The summed E-state index contributed by atoms with van der Waals surface area (Å²) in [6, 6.07) is 6.39. The molecule has 0 spiro atoms. The van der Waals surface area contributed by atoms with E-state index < -0.39 is 12.0 Å². The van der Waals surface area contributed by atoms with Crippen molar-refractivity contribution < 1.29 is 14.7 Å². The van der Waals surface area contributed by atoms with E-state index in [1.807, 2.05) is 32.0 Å². The summed E-state index contributed by atoms with van der Waals surface area (Å²) in [6.07, 6.45) is 0.415. The molecule has 1 aromatic carbocycles. The van der Waals surface area contributed by atoms with Crippen LogP contribution in [0.3, 0.4) is 0 Å². The van der Waals surface area contributed by atoms with Crippen molar-refractivity contribution in [1.29, 1.82) is 0 Å². The number of aliphatic carboxylic acids is 1. The number of hydrogen-bond acceptors (Lipinski definition) is 3. The van der Waals surface area contributed by atoms with Crippen LogP contribution in [0, 0.1) is 5.92 Å². The van der Waals surface area contributed by atoms with E-state index in [0.29, 0.717) is 11.4 Å². The molecule has 0 aliphatic rings. The van der Waals surface area contributed by atoms with Gasteiger partial charge in [-0.1, -0.05) is 37.6 Å². The van der Waals surface area contributed by atoms with E-state index in [4.69, 9.17) is 16.7 Å². The maximum Gasteiger partial charge on any atom is 0.326 e. The fraction of sp³-hybridized carbons (Fsp3) is 0.429. The molecule has 0 bridgehead atoms. The highest BCUT2D eigenvalue weighted by atomic mass is 35.5. The number of halogens is 1. The highest BCUT2D eigenvalue weighted by Crippen LogP contribution is 2.26. The lowest BCUT2D eigenvalue weighted by atomic mass is 10.0. The summed E-state index contributed by atoms with van der Waals surface area (Å²) in [4.78, 5) is 23.6. The van der Waals surface area contributed by atoms with Crippen LogP contribution in [-0.4, -0.2) is 28.8 Å². The zero-order valence-electron chi connectivity index (χ0n) is 11.4. The molecule has 0 fully saturated rings. The summed E-state index contributed by atoms with van der Waals surface area (Å²) >= 11 is 7.28. The quantitative estimate of drug-likeness (QED) is 0.759. The number of amides is 1. The van der Waals surface area contributed by atoms with E-state index in [0.717, 1.165) is 4.90 Å². The first-order chi connectivity index (χ1) is 9.40. The van der Waals surface area contributed by atoms with Crippen molar-refractivity contribution in [3.63, 3.8) is 0 Å². The molecular weight excluding hydrogens is 298 g/mol. The monoisotopic (exact) mass is 315 g/mol. The van der Waals surface area contributed by atoms with Gasteiger partial charge in [0.15, 0.2) is 0 Å². The minimum absolute atomic E-state index is 0.144. The maximum absolute atomic E-state index is 11.8. The van der Waals surface area contributed by atoms with Crippen LogP contribution in [-0.2, 0) is 9.59 Å². The third-order valence-corrected chi connectivity index (χ3v) is 4.05. The standard InChI is InChI=1S/C14H18ClNO3S/c1-9(2)7-11(14(18)19)16-13(17)8-20-12-6-4-3-5-10(12)15/h3-6,9,11H,7-8H2,1-2H3,(H,16,17)(H,18,19)/t11-/m0/s1. The Kier molecular flexibility index (Phi) is 6.88. The lowest BCUT2D eigenvalue weighted by molar-refractivity contribution is -0.141. The van der Waals surface area contributed by atoms with Crippen molar-refractivity contribution in [2.75, 3.05) is 5.75 Å². The minimum atomic E-state index is -1.00. The Morgan fingerprint density at radius 1 is 1.35 bits per heavy atom. The number of hydrogen-bond donors (Lipinski definition) is 2. The molecule has 1 atom stereocenters. The van der Waals surface area contributed by atoms with Crippen LogP contribution >= 0.6 is 23.4 Å². The van der Waals surface area contributed by atoms with Crippen molar-refractivity contribution >= 4 is 35.2 Å². The zero-order chi connectivity index (χ0) is 15.1. The van der Waals surface area contributed by atoms with Gasteiger partial charge in [-0.25, -0.2) is 4.79 Å². The molecule has 6 heteroatoms. The van der Waals surface area contributed by atoms with E-state index in [2.05, 4.69) is 5.32 Å². The summed E-state index contributed by atoms with van der Waals surface area (Å²) in [5.41, 5.74) is 0. The third kappa shape index (κ3) is 5.84. The predicted octanol–water partition coefficient (Wildman–Crippen LogP) is 3.05. The van der Waals surface area contributed by atoms with Gasteiger partial charge in [-0.2, -0.15) is 0 Å². The highest BCUT2D eigenvalue weighted by Gasteiger charge is 2.21. The van der Waals surface area contributed by atoms with Crippen LogP contribution in [0.4, 0.5) is 0 Å². The summed E-state index contributed by atoms with van der Waals surface area (Å²) in [6.45, 7) is 3.83. The molecular formula is C14H18ClNO3S. The second-order valence-electron chi connectivity index (χ2n) is 4.81. The zero-order valence-corrected chi connectivity index (χ0v) is 13.0. The van der Waals surface area contributed by atoms with Crippen LogP contribution in [0.2, 0.25) is 5.02 Å². The molecule has 0 saturated carbocycles. The fourth-order valence-electron chi connectivity index (χ4n) is 1.63. The summed E-state index contributed by atoms with van der Waals surface area (Å²) in [5.74, 6) is -0.962. The number of carboxylic acids is 1. The van der Waals surface area contributed by atoms with Gasteiger partial charge in [0.2, 0.25) is 5.91 Å². The number of carboxylic acid groups (broad SMARTS) is 1. The van der Waals surface area contributed by atoms with Gasteiger partial charge in [0.25, 0.3) is 0 Å². The first-order valence-electron chi connectivity index (χ1n) is 6.29. The highest BCUT2D eigenvalue weighted by molar-refractivity contribution is 8.00. The molecule has 4 nitrogen and oxygen atoms in total. The average Bonchev–Trinajstić information content (AvgIpc) is 2.36. The van der Waals surface area contributed by atoms with Crippen LogP contribution in [0.15, 0.2) is 29.2 Å². The van der Waals surface area contributed by atoms with Crippen molar-refractivity contribution in [2.45, 2.75) is 31.2 Å². The van der Waals surface area contributed by atoms with Crippen molar-refractivity contribution in [3.8, 4) is 0 Å². The molecule has 0 aromatic heterocycles. The molecule has 0 aliphatic carbocycles. The van der Waals surface area contributed by atoms with Crippen molar-refractivity contribution in [2.24, 2.45) is 5.92 Å². The van der Waals surface area contributed by atoms with Crippen LogP contribution < -0.4 is 5.32 Å². The molecule has 0 unspecified atom stereocenters. The second kappa shape index (κ2) is 8.17. The topological polar surface area (TPSA) is 66.4 Å². The van der Waals surface area contributed by atoms with Gasteiger partial charge < -0.3 is 10.4 Å². The Morgan fingerprint density at radius 2 is 2.00 bits per heavy atom. The predicted molar refractivity (Wildman–Crippen MR) is 81.2 cm³/mol. The van der Waals surface area contributed by atoms with Gasteiger partial charge in [-0.3, -0.25) is 4.79 Å². The van der Waals surface area contributed by atoms with Crippen LogP contribution in [0.5, 0.6) is 0 Å². The number of carbonyl (C=O) groups excluding carboxylic acids is 1. The van der Waals surface area contributed by atoms with Crippen LogP contribution in [0.25, 0.3) is 0 Å². The van der Waals surface area contributed by atoms with Gasteiger partial charge in [0.1, 0.15) is 6.04 Å². The summed E-state index contributed by atoms with van der Waals surface area (Å²) in [7, 11) is 0. The lowest BCUT2D eigenvalue weighted by Gasteiger charge is -2.16. The normalized spacial score (nSPS) is 12.2. The average molecular weight is 316 g/mol. The Hall–Kier alpha value is -1.20.